The summed E-state index contributed by atoms with van der Waals surface area (Å²) in [4.78, 5) is 2.52. The van der Waals surface area contributed by atoms with Crippen molar-refractivity contribution in [2.75, 3.05) is 26.2 Å². The van der Waals surface area contributed by atoms with E-state index < -0.39 is 0 Å². The van der Waals surface area contributed by atoms with Crippen LogP contribution in [0.15, 0.2) is 0 Å². The van der Waals surface area contributed by atoms with Gasteiger partial charge in [-0.05, 0) is 37.8 Å². The monoisotopic (exact) mass is 270 g/mol. The third-order valence-electron chi connectivity index (χ3n) is 4.41. The first-order valence-corrected chi connectivity index (χ1v) is 8.07. The molecule has 1 saturated heterocycles. The SMILES string of the molecule is CCNC(CCN1CCCCCC1CO)C(C)(C)C. The molecule has 0 aliphatic carbocycles. The van der Waals surface area contributed by atoms with Gasteiger partial charge < -0.3 is 10.4 Å². The number of aliphatic hydroxyl groups excluding tert-OH is 1. The van der Waals surface area contributed by atoms with Gasteiger partial charge in [0.05, 0.1) is 6.61 Å². The van der Waals surface area contributed by atoms with Gasteiger partial charge in [-0.15, -0.1) is 0 Å². The van der Waals surface area contributed by atoms with Crippen LogP contribution in [-0.2, 0) is 0 Å². The van der Waals surface area contributed by atoms with Crippen LogP contribution in [0.4, 0.5) is 0 Å². The second-order valence-electron chi connectivity index (χ2n) is 6.99. The van der Waals surface area contributed by atoms with Gasteiger partial charge in [-0.1, -0.05) is 40.5 Å². The summed E-state index contributed by atoms with van der Waals surface area (Å²) in [5, 5.41) is 13.2. The standard InChI is InChI=1S/C16H34N2O/c1-5-17-15(16(2,3)4)10-12-18-11-8-6-7-9-14(18)13-19/h14-15,17,19H,5-13H2,1-4H3. The highest BCUT2D eigenvalue weighted by Crippen LogP contribution is 2.23. The van der Waals surface area contributed by atoms with Crippen LogP contribution in [0.2, 0.25) is 0 Å². The summed E-state index contributed by atoms with van der Waals surface area (Å²) in [6.07, 6.45) is 6.23. The molecule has 0 aromatic rings. The number of hydrogen-bond acceptors (Lipinski definition) is 3. The maximum absolute atomic E-state index is 9.56. The van der Waals surface area contributed by atoms with Crippen LogP contribution in [0.25, 0.3) is 0 Å². The Hall–Kier alpha value is -0.120. The Morgan fingerprint density at radius 1 is 1.26 bits per heavy atom. The van der Waals surface area contributed by atoms with Crippen molar-refractivity contribution in [3.05, 3.63) is 0 Å². The van der Waals surface area contributed by atoms with Gasteiger partial charge in [0.15, 0.2) is 0 Å². The molecule has 0 spiro atoms. The Balaban J connectivity index is 2.51. The number of aliphatic hydroxyl groups is 1. The van der Waals surface area contributed by atoms with Crippen LogP contribution in [0, 0.1) is 5.41 Å². The quantitative estimate of drug-likeness (QED) is 0.779. The summed E-state index contributed by atoms with van der Waals surface area (Å²) >= 11 is 0. The Labute approximate surface area is 119 Å². The molecule has 0 aromatic heterocycles. The summed E-state index contributed by atoms with van der Waals surface area (Å²) < 4.78 is 0. The third-order valence-corrected chi connectivity index (χ3v) is 4.41. The van der Waals surface area contributed by atoms with Crippen molar-refractivity contribution in [3.63, 3.8) is 0 Å². The first kappa shape index (κ1) is 16.9. The molecule has 1 fully saturated rings. The number of nitrogens with zero attached hydrogens (tertiary/aromatic N) is 1. The zero-order valence-corrected chi connectivity index (χ0v) is 13.4. The molecule has 0 aromatic carbocycles. The Morgan fingerprint density at radius 3 is 2.58 bits per heavy atom. The molecule has 2 unspecified atom stereocenters. The van der Waals surface area contributed by atoms with E-state index in [0.717, 1.165) is 26.1 Å². The van der Waals surface area contributed by atoms with Gasteiger partial charge in [-0.2, -0.15) is 0 Å². The van der Waals surface area contributed by atoms with Crippen LogP contribution in [0.3, 0.4) is 0 Å². The Bertz CT molecular complexity index is 237. The molecule has 2 atom stereocenters. The number of nitrogens with one attached hydrogen (secondary N) is 1. The highest BCUT2D eigenvalue weighted by molar-refractivity contribution is 4.83. The fraction of sp³-hybridized carbons (Fsp3) is 1.00. The minimum atomic E-state index is 0.302. The number of likely N-dealkylation sites (tertiary alicyclic amines) is 1. The smallest absolute Gasteiger partial charge is 0.0586 e. The van der Waals surface area contributed by atoms with E-state index in [9.17, 15) is 5.11 Å². The van der Waals surface area contributed by atoms with Gasteiger partial charge in [0, 0.05) is 18.6 Å². The predicted molar refractivity (Wildman–Crippen MR) is 82.5 cm³/mol. The second-order valence-corrected chi connectivity index (χ2v) is 6.99. The molecule has 1 heterocycles. The first-order chi connectivity index (χ1) is 8.99. The van der Waals surface area contributed by atoms with Gasteiger partial charge >= 0.3 is 0 Å². The van der Waals surface area contributed by atoms with Crippen molar-refractivity contribution in [3.8, 4) is 0 Å². The highest BCUT2D eigenvalue weighted by Gasteiger charge is 2.26. The second kappa shape index (κ2) is 8.23. The maximum atomic E-state index is 9.56. The summed E-state index contributed by atoms with van der Waals surface area (Å²) in [6, 6.07) is 0.949. The number of rotatable bonds is 6. The van der Waals surface area contributed by atoms with Crippen LogP contribution in [-0.4, -0.2) is 48.3 Å². The molecule has 3 nitrogen and oxygen atoms in total. The van der Waals surface area contributed by atoms with Gasteiger partial charge in [-0.25, -0.2) is 0 Å². The molecule has 0 bridgehead atoms. The van der Waals surface area contributed by atoms with Crippen LogP contribution >= 0.6 is 0 Å². The molecule has 0 amide bonds. The van der Waals surface area contributed by atoms with Gasteiger partial charge in [0.1, 0.15) is 0 Å². The van der Waals surface area contributed by atoms with E-state index in [1.54, 1.807) is 0 Å². The summed E-state index contributed by atoms with van der Waals surface area (Å²) in [7, 11) is 0. The van der Waals surface area contributed by atoms with E-state index in [4.69, 9.17) is 0 Å². The minimum Gasteiger partial charge on any atom is -0.395 e. The molecule has 0 saturated carbocycles. The van der Waals surface area contributed by atoms with Gasteiger partial charge in [0.25, 0.3) is 0 Å². The molecular weight excluding hydrogens is 236 g/mol. The summed E-state index contributed by atoms with van der Waals surface area (Å²) in [5.74, 6) is 0. The lowest BCUT2D eigenvalue weighted by Gasteiger charge is -2.35. The third kappa shape index (κ3) is 5.80. The molecule has 1 rings (SSSR count). The molecule has 3 heteroatoms. The maximum Gasteiger partial charge on any atom is 0.0586 e. The van der Waals surface area contributed by atoms with E-state index in [0.29, 0.717) is 24.1 Å². The van der Waals surface area contributed by atoms with Crippen LogP contribution in [0.5, 0.6) is 0 Å². The Kier molecular flexibility index (Phi) is 7.33. The van der Waals surface area contributed by atoms with Crippen LogP contribution in [0.1, 0.15) is 59.8 Å². The Morgan fingerprint density at radius 2 is 2.00 bits per heavy atom. The zero-order valence-electron chi connectivity index (χ0n) is 13.4. The topological polar surface area (TPSA) is 35.5 Å². The van der Waals surface area contributed by atoms with Crippen molar-refractivity contribution < 1.29 is 5.11 Å². The highest BCUT2D eigenvalue weighted by atomic mass is 16.3. The van der Waals surface area contributed by atoms with Crippen molar-refractivity contribution in [2.45, 2.75) is 71.9 Å². The lowest BCUT2D eigenvalue weighted by Crippen LogP contribution is -2.45. The summed E-state index contributed by atoms with van der Waals surface area (Å²) in [5.41, 5.74) is 0.302. The van der Waals surface area contributed by atoms with Crippen molar-refractivity contribution in [1.29, 1.82) is 0 Å². The molecular formula is C16H34N2O. The average Bonchev–Trinajstić information content (AvgIpc) is 2.57. The molecule has 0 radical (unpaired) electrons. The largest absolute Gasteiger partial charge is 0.395 e. The average molecular weight is 270 g/mol. The first-order valence-electron chi connectivity index (χ1n) is 8.07. The molecule has 19 heavy (non-hydrogen) atoms. The lowest BCUT2D eigenvalue weighted by molar-refractivity contribution is 0.112. The fourth-order valence-corrected chi connectivity index (χ4v) is 3.12. The van der Waals surface area contributed by atoms with Crippen molar-refractivity contribution >= 4 is 0 Å². The van der Waals surface area contributed by atoms with E-state index in [1.165, 1.54) is 25.7 Å². The van der Waals surface area contributed by atoms with E-state index in [1.807, 2.05) is 0 Å². The van der Waals surface area contributed by atoms with E-state index in [2.05, 4.69) is 37.9 Å². The van der Waals surface area contributed by atoms with Gasteiger partial charge in [-0.3, -0.25) is 4.90 Å². The van der Waals surface area contributed by atoms with E-state index >= 15 is 0 Å². The minimum absolute atomic E-state index is 0.302. The fourth-order valence-electron chi connectivity index (χ4n) is 3.12. The van der Waals surface area contributed by atoms with Gasteiger partial charge in [0.2, 0.25) is 0 Å². The lowest BCUT2D eigenvalue weighted by atomic mass is 9.84. The van der Waals surface area contributed by atoms with Crippen molar-refractivity contribution in [2.24, 2.45) is 5.41 Å². The molecule has 1 aliphatic rings. The summed E-state index contributed by atoms with van der Waals surface area (Å²) in [6.45, 7) is 12.7. The molecule has 114 valence electrons. The van der Waals surface area contributed by atoms with E-state index in [-0.39, 0.29) is 0 Å². The predicted octanol–water partition coefficient (Wildman–Crippen LogP) is 2.64. The normalized spacial score (nSPS) is 24.2. The van der Waals surface area contributed by atoms with Crippen molar-refractivity contribution in [1.82, 2.24) is 10.2 Å². The van der Waals surface area contributed by atoms with Crippen LogP contribution < -0.4 is 5.32 Å². The molecule has 2 N–H and O–H groups in total. The number of hydrogen-bond donors (Lipinski definition) is 2. The zero-order chi connectivity index (χ0) is 14.3. The molecule has 1 aliphatic heterocycles.